The molecule has 1 aromatic heterocycles. The van der Waals surface area contributed by atoms with Crippen molar-refractivity contribution >= 4 is 23.5 Å². The molecule has 1 aliphatic rings. The number of fused-ring (bicyclic) bond motifs is 1. The van der Waals surface area contributed by atoms with Gasteiger partial charge >= 0.3 is 0 Å². The summed E-state index contributed by atoms with van der Waals surface area (Å²) < 4.78 is 12.8. The number of rotatable bonds is 7. The third-order valence-corrected chi connectivity index (χ3v) is 5.08. The van der Waals surface area contributed by atoms with Crippen LogP contribution in [0.4, 0.5) is 11.6 Å². The van der Waals surface area contributed by atoms with Crippen molar-refractivity contribution < 1.29 is 19.1 Å². The van der Waals surface area contributed by atoms with Crippen LogP contribution in [0.5, 0.6) is 11.5 Å². The molecule has 0 saturated heterocycles. The monoisotopic (exact) mass is 421 g/mol. The summed E-state index contributed by atoms with van der Waals surface area (Å²) in [4.78, 5) is 28.3. The smallest absolute Gasteiger partial charge is 0.262 e. The van der Waals surface area contributed by atoms with E-state index in [0.29, 0.717) is 23.1 Å². The van der Waals surface area contributed by atoms with Crippen molar-refractivity contribution in [3.8, 4) is 11.5 Å². The van der Waals surface area contributed by atoms with Gasteiger partial charge in [0, 0.05) is 5.69 Å². The van der Waals surface area contributed by atoms with Crippen molar-refractivity contribution in [3.05, 3.63) is 59.9 Å². The normalized spacial score (nSPS) is 15.0. The molecule has 1 atom stereocenters. The Labute approximate surface area is 179 Å². The van der Waals surface area contributed by atoms with Crippen LogP contribution in [0.3, 0.4) is 0 Å². The summed E-state index contributed by atoms with van der Waals surface area (Å²) in [5, 5.41) is 9.70. The quantitative estimate of drug-likeness (QED) is 0.607. The highest BCUT2D eigenvalue weighted by Crippen LogP contribution is 2.34. The van der Waals surface area contributed by atoms with E-state index in [1.165, 1.54) is 19.0 Å². The Hall–Kier alpha value is -3.88. The maximum Gasteiger partial charge on any atom is 0.262 e. The third kappa shape index (κ3) is 4.50. The molecule has 1 aliphatic heterocycles. The van der Waals surface area contributed by atoms with Gasteiger partial charge in [0.2, 0.25) is 11.9 Å². The third-order valence-electron chi connectivity index (χ3n) is 5.08. The second kappa shape index (κ2) is 8.86. The van der Waals surface area contributed by atoms with E-state index < -0.39 is 0 Å². The van der Waals surface area contributed by atoms with E-state index in [9.17, 15) is 9.59 Å². The molecule has 0 fully saturated rings. The highest BCUT2D eigenvalue weighted by atomic mass is 16.5. The molecule has 160 valence electrons. The minimum atomic E-state index is -0.302. The van der Waals surface area contributed by atoms with E-state index >= 15 is 0 Å². The number of ether oxygens (including phenoxy) is 2. The van der Waals surface area contributed by atoms with Crippen molar-refractivity contribution in [2.45, 2.75) is 25.8 Å². The Morgan fingerprint density at radius 2 is 2.03 bits per heavy atom. The number of carbonyl (C=O) groups is 2. The van der Waals surface area contributed by atoms with Crippen molar-refractivity contribution in [1.82, 2.24) is 14.8 Å². The summed E-state index contributed by atoms with van der Waals surface area (Å²) in [6, 6.07) is 12.7. The summed E-state index contributed by atoms with van der Waals surface area (Å²) in [5.74, 6) is 0.899. The molecule has 9 nitrogen and oxygen atoms in total. The van der Waals surface area contributed by atoms with Crippen LogP contribution in [0, 0.1) is 0 Å². The van der Waals surface area contributed by atoms with Crippen molar-refractivity contribution in [3.63, 3.8) is 0 Å². The average molecular weight is 421 g/mol. The van der Waals surface area contributed by atoms with E-state index in [-0.39, 0.29) is 30.9 Å². The van der Waals surface area contributed by atoms with Crippen LogP contribution in [0.2, 0.25) is 0 Å². The first-order valence-electron chi connectivity index (χ1n) is 9.96. The van der Waals surface area contributed by atoms with Gasteiger partial charge in [0.15, 0.2) is 18.1 Å². The number of benzene rings is 2. The lowest BCUT2D eigenvalue weighted by atomic mass is 10.0. The molecule has 3 aromatic rings. The molecule has 4 rings (SSSR count). The molecular weight excluding hydrogens is 398 g/mol. The van der Waals surface area contributed by atoms with Crippen LogP contribution in [0.15, 0.2) is 48.8 Å². The molecule has 2 aromatic carbocycles. The predicted molar refractivity (Wildman–Crippen MR) is 114 cm³/mol. The number of hydrogen-bond acceptors (Lipinski definition) is 6. The van der Waals surface area contributed by atoms with E-state index in [4.69, 9.17) is 9.47 Å². The summed E-state index contributed by atoms with van der Waals surface area (Å²) in [6.45, 7) is 1.91. The second-order valence-corrected chi connectivity index (χ2v) is 7.09. The molecule has 9 heteroatoms. The topological polar surface area (TPSA) is 107 Å². The highest BCUT2D eigenvalue weighted by molar-refractivity contribution is 5.92. The van der Waals surface area contributed by atoms with Crippen LogP contribution in [-0.2, 0) is 16.0 Å². The Bertz CT molecular complexity index is 1090. The number of carbonyl (C=O) groups excluding carboxylic acids is 2. The number of nitrogens with one attached hydrogen (secondary N) is 2. The van der Waals surface area contributed by atoms with Gasteiger partial charge in [-0.1, -0.05) is 25.1 Å². The highest BCUT2D eigenvalue weighted by Gasteiger charge is 2.28. The fourth-order valence-electron chi connectivity index (χ4n) is 3.44. The first kappa shape index (κ1) is 20.4. The molecular formula is C22H23N5O4. The van der Waals surface area contributed by atoms with E-state index in [1.807, 2.05) is 30.3 Å². The van der Waals surface area contributed by atoms with E-state index in [1.54, 1.807) is 16.8 Å². The summed E-state index contributed by atoms with van der Waals surface area (Å²) in [7, 11) is 1.52. The Morgan fingerprint density at radius 3 is 2.77 bits per heavy atom. The minimum Gasteiger partial charge on any atom is -0.493 e. The van der Waals surface area contributed by atoms with Crippen molar-refractivity contribution in [2.24, 2.45) is 0 Å². The number of methoxy groups -OCH3 is 1. The molecule has 0 aliphatic carbocycles. The molecule has 0 unspecified atom stereocenters. The van der Waals surface area contributed by atoms with Crippen LogP contribution >= 0.6 is 0 Å². The van der Waals surface area contributed by atoms with Crippen LogP contribution < -0.4 is 20.1 Å². The Morgan fingerprint density at radius 1 is 1.23 bits per heavy atom. The predicted octanol–water partition coefficient (Wildman–Crippen LogP) is 2.80. The standard InChI is InChI=1S/C22H23N5O4/c1-3-14-4-7-16(8-5-14)25-21(29)12-31-18-9-6-15(10-19(18)30-2)17-11-20(28)26-22-23-13-24-27(17)22/h4-10,13,17H,3,11-12H2,1-2H3,(H,25,29)(H,23,24,26,28)/t17-/m0/s1. The van der Waals surface area contributed by atoms with E-state index in [2.05, 4.69) is 27.6 Å². The first-order chi connectivity index (χ1) is 15.1. The Balaban J connectivity index is 1.44. The molecule has 2 heterocycles. The van der Waals surface area contributed by atoms with Crippen molar-refractivity contribution in [1.29, 1.82) is 0 Å². The molecule has 2 N–H and O–H groups in total. The molecule has 2 amide bonds. The fraction of sp³-hybridized carbons (Fsp3) is 0.273. The second-order valence-electron chi connectivity index (χ2n) is 7.09. The number of anilines is 2. The maximum atomic E-state index is 12.3. The number of nitrogens with zero attached hydrogens (tertiary/aromatic N) is 3. The first-order valence-corrected chi connectivity index (χ1v) is 9.96. The average Bonchev–Trinajstić information content (AvgIpc) is 3.26. The Kier molecular flexibility index (Phi) is 5.83. The zero-order chi connectivity index (χ0) is 21.8. The van der Waals surface area contributed by atoms with Gasteiger partial charge in [-0.15, -0.1) is 0 Å². The molecule has 31 heavy (non-hydrogen) atoms. The minimum absolute atomic E-state index is 0.131. The van der Waals surface area contributed by atoms with Gasteiger partial charge in [-0.3, -0.25) is 14.9 Å². The number of aryl methyl sites for hydroxylation is 1. The van der Waals surface area contributed by atoms with Gasteiger partial charge < -0.3 is 14.8 Å². The zero-order valence-electron chi connectivity index (χ0n) is 17.3. The summed E-state index contributed by atoms with van der Waals surface area (Å²) in [5.41, 5.74) is 2.74. The SMILES string of the molecule is CCc1ccc(NC(=O)COc2ccc([C@@H]3CC(=O)Nc4ncnn43)cc2OC)cc1. The number of hydrogen-bond donors (Lipinski definition) is 2. The van der Waals surface area contributed by atoms with Gasteiger partial charge in [0.1, 0.15) is 6.33 Å². The molecule has 0 spiro atoms. The summed E-state index contributed by atoms with van der Waals surface area (Å²) in [6.07, 6.45) is 2.58. The maximum absolute atomic E-state index is 12.3. The van der Waals surface area contributed by atoms with Crippen molar-refractivity contribution in [2.75, 3.05) is 24.4 Å². The van der Waals surface area contributed by atoms with Gasteiger partial charge in [-0.25, -0.2) is 4.68 Å². The van der Waals surface area contributed by atoms with Gasteiger partial charge in [0.05, 0.1) is 19.6 Å². The van der Waals surface area contributed by atoms with Crippen LogP contribution in [0.1, 0.15) is 30.5 Å². The lowest BCUT2D eigenvalue weighted by Gasteiger charge is -2.24. The molecule has 0 radical (unpaired) electrons. The van der Waals surface area contributed by atoms with Gasteiger partial charge in [0.25, 0.3) is 5.91 Å². The van der Waals surface area contributed by atoms with Gasteiger partial charge in [-0.05, 0) is 41.8 Å². The summed E-state index contributed by atoms with van der Waals surface area (Å²) >= 11 is 0. The molecule has 0 saturated carbocycles. The van der Waals surface area contributed by atoms with Crippen LogP contribution in [-0.4, -0.2) is 40.3 Å². The van der Waals surface area contributed by atoms with Crippen LogP contribution in [0.25, 0.3) is 0 Å². The molecule has 0 bridgehead atoms. The number of aromatic nitrogens is 3. The number of amides is 2. The lowest BCUT2D eigenvalue weighted by molar-refractivity contribution is -0.118. The van der Waals surface area contributed by atoms with Gasteiger partial charge in [-0.2, -0.15) is 10.1 Å². The largest absolute Gasteiger partial charge is 0.493 e. The zero-order valence-corrected chi connectivity index (χ0v) is 17.3. The lowest BCUT2D eigenvalue weighted by Crippen LogP contribution is -2.29. The fourth-order valence-corrected chi connectivity index (χ4v) is 3.44. The van der Waals surface area contributed by atoms with E-state index in [0.717, 1.165) is 12.0 Å².